The summed E-state index contributed by atoms with van der Waals surface area (Å²) in [6.07, 6.45) is 1.01. The number of aryl methyl sites for hydroxylation is 1. The molecule has 0 unspecified atom stereocenters. The third-order valence-electron chi connectivity index (χ3n) is 4.94. The number of methoxy groups -OCH3 is 1. The van der Waals surface area contributed by atoms with Gasteiger partial charge in [-0.2, -0.15) is 0 Å². The van der Waals surface area contributed by atoms with Gasteiger partial charge in [-0.25, -0.2) is 0 Å². The predicted octanol–water partition coefficient (Wildman–Crippen LogP) is 3.64. The van der Waals surface area contributed by atoms with E-state index in [4.69, 9.17) is 4.74 Å². The molecule has 3 heteroatoms. The average molecular weight is 323 g/mol. The van der Waals surface area contributed by atoms with Gasteiger partial charge in [0.1, 0.15) is 0 Å². The lowest BCUT2D eigenvalue weighted by Gasteiger charge is -2.17. The first-order chi connectivity index (χ1) is 11.7. The number of ether oxygens (including phenoxy) is 1. The Bertz CT molecular complexity index is 683. The molecule has 0 radical (unpaired) electrons. The molecule has 1 aliphatic rings. The van der Waals surface area contributed by atoms with Crippen molar-refractivity contribution in [3.05, 3.63) is 71.3 Å². The van der Waals surface area contributed by atoms with Crippen LogP contribution in [0.3, 0.4) is 0 Å². The van der Waals surface area contributed by atoms with E-state index in [0.717, 1.165) is 26.1 Å². The molecule has 2 atom stereocenters. The highest BCUT2D eigenvalue weighted by molar-refractivity contribution is 5.74. The van der Waals surface area contributed by atoms with Crippen molar-refractivity contribution in [2.75, 3.05) is 20.2 Å². The zero-order chi connectivity index (χ0) is 16.9. The van der Waals surface area contributed by atoms with Gasteiger partial charge >= 0.3 is 5.97 Å². The van der Waals surface area contributed by atoms with Crippen LogP contribution in [0.5, 0.6) is 0 Å². The fourth-order valence-corrected chi connectivity index (χ4v) is 3.63. The second-order valence-electron chi connectivity index (χ2n) is 6.51. The van der Waals surface area contributed by atoms with E-state index in [2.05, 4.69) is 60.4 Å². The lowest BCUT2D eigenvalue weighted by molar-refractivity contribution is -0.145. The Morgan fingerprint density at radius 1 is 1.08 bits per heavy atom. The SMILES string of the molecule is CCc1cccc([C@H]2CN(Cc3ccccc3)C[C@@H]2C(=O)OC)c1. The van der Waals surface area contributed by atoms with E-state index >= 15 is 0 Å². The summed E-state index contributed by atoms with van der Waals surface area (Å²) < 4.78 is 5.08. The molecular formula is C21H25NO2. The van der Waals surface area contributed by atoms with Crippen molar-refractivity contribution in [2.24, 2.45) is 5.92 Å². The third-order valence-corrected chi connectivity index (χ3v) is 4.94. The summed E-state index contributed by atoms with van der Waals surface area (Å²) in [7, 11) is 1.49. The maximum absolute atomic E-state index is 12.3. The molecule has 24 heavy (non-hydrogen) atoms. The number of nitrogens with zero attached hydrogens (tertiary/aromatic N) is 1. The van der Waals surface area contributed by atoms with Gasteiger partial charge in [0.15, 0.2) is 0 Å². The molecule has 0 aliphatic carbocycles. The quantitative estimate of drug-likeness (QED) is 0.787. The largest absolute Gasteiger partial charge is 0.469 e. The molecule has 1 fully saturated rings. The molecule has 0 saturated carbocycles. The number of benzene rings is 2. The summed E-state index contributed by atoms with van der Waals surface area (Å²) in [6.45, 7) is 4.68. The predicted molar refractivity (Wildman–Crippen MR) is 95.8 cm³/mol. The van der Waals surface area contributed by atoms with E-state index in [1.807, 2.05) is 6.07 Å². The van der Waals surface area contributed by atoms with E-state index in [0.29, 0.717) is 0 Å². The first kappa shape index (κ1) is 16.7. The molecule has 1 saturated heterocycles. The Hall–Kier alpha value is -2.13. The number of likely N-dealkylation sites (tertiary alicyclic amines) is 1. The minimum atomic E-state index is -0.0996. The van der Waals surface area contributed by atoms with Crippen molar-refractivity contribution in [2.45, 2.75) is 25.8 Å². The summed E-state index contributed by atoms with van der Waals surface area (Å²) in [4.78, 5) is 14.7. The number of esters is 1. The minimum absolute atomic E-state index is 0.0918. The van der Waals surface area contributed by atoms with Gasteiger partial charge in [-0.15, -0.1) is 0 Å². The maximum Gasteiger partial charge on any atom is 0.310 e. The Labute approximate surface area is 144 Å². The van der Waals surface area contributed by atoms with Gasteiger partial charge in [0.05, 0.1) is 13.0 Å². The Morgan fingerprint density at radius 2 is 1.83 bits per heavy atom. The highest BCUT2D eigenvalue weighted by Crippen LogP contribution is 2.34. The topological polar surface area (TPSA) is 29.5 Å². The molecule has 0 spiro atoms. The van der Waals surface area contributed by atoms with E-state index in [1.54, 1.807) is 0 Å². The zero-order valence-electron chi connectivity index (χ0n) is 14.4. The van der Waals surface area contributed by atoms with Gasteiger partial charge < -0.3 is 4.74 Å². The van der Waals surface area contributed by atoms with Crippen molar-refractivity contribution >= 4 is 5.97 Å². The van der Waals surface area contributed by atoms with E-state index in [1.165, 1.54) is 23.8 Å². The van der Waals surface area contributed by atoms with Crippen LogP contribution in [0.4, 0.5) is 0 Å². The number of rotatable bonds is 5. The van der Waals surface area contributed by atoms with Crippen LogP contribution in [0.25, 0.3) is 0 Å². The van der Waals surface area contributed by atoms with E-state index in [9.17, 15) is 4.79 Å². The summed E-state index contributed by atoms with van der Waals surface area (Å²) in [6, 6.07) is 19.1. The van der Waals surface area contributed by atoms with Gasteiger partial charge in [-0.1, -0.05) is 61.5 Å². The molecule has 3 nitrogen and oxygen atoms in total. The molecule has 1 aliphatic heterocycles. The first-order valence-corrected chi connectivity index (χ1v) is 8.64. The van der Waals surface area contributed by atoms with Crippen LogP contribution in [-0.4, -0.2) is 31.1 Å². The Kier molecular flexibility index (Phi) is 5.31. The van der Waals surface area contributed by atoms with Gasteiger partial charge in [0.25, 0.3) is 0 Å². The van der Waals surface area contributed by atoms with Crippen molar-refractivity contribution in [3.63, 3.8) is 0 Å². The number of hydrogen-bond acceptors (Lipinski definition) is 3. The number of carbonyl (C=O) groups excluding carboxylic acids is 1. The monoisotopic (exact) mass is 323 g/mol. The molecular weight excluding hydrogens is 298 g/mol. The fraction of sp³-hybridized carbons (Fsp3) is 0.381. The minimum Gasteiger partial charge on any atom is -0.469 e. The average Bonchev–Trinajstić information content (AvgIpc) is 3.05. The lowest BCUT2D eigenvalue weighted by atomic mass is 9.88. The molecule has 0 bridgehead atoms. The molecule has 0 N–H and O–H groups in total. The van der Waals surface area contributed by atoms with Crippen LogP contribution in [0.2, 0.25) is 0 Å². The van der Waals surface area contributed by atoms with Crippen LogP contribution in [0.1, 0.15) is 29.5 Å². The van der Waals surface area contributed by atoms with Crippen molar-refractivity contribution < 1.29 is 9.53 Å². The third kappa shape index (κ3) is 3.68. The summed E-state index contributed by atoms with van der Waals surface area (Å²) in [5.74, 6) is 0.0101. The second kappa shape index (κ2) is 7.63. The van der Waals surface area contributed by atoms with Crippen LogP contribution >= 0.6 is 0 Å². The van der Waals surface area contributed by atoms with Crippen LogP contribution in [0.15, 0.2) is 54.6 Å². The smallest absolute Gasteiger partial charge is 0.310 e. The van der Waals surface area contributed by atoms with E-state index in [-0.39, 0.29) is 17.8 Å². The number of hydrogen-bond donors (Lipinski definition) is 0. The zero-order valence-corrected chi connectivity index (χ0v) is 14.4. The number of carbonyl (C=O) groups is 1. The van der Waals surface area contributed by atoms with Gasteiger partial charge in [-0.3, -0.25) is 9.69 Å². The summed E-state index contributed by atoms with van der Waals surface area (Å²) in [5.41, 5.74) is 3.85. The molecule has 1 heterocycles. The molecule has 0 amide bonds. The van der Waals surface area contributed by atoms with Crippen molar-refractivity contribution in [1.29, 1.82) is 0 Å². The Balaban J connectivity index is 1.81. The summed E-state index contributed by atoms with van der Waals surface area (Å²) in [5, 5.41) is 0. The van der Waals surface area contributed by atoms with Crippen molar-refractivity contribution in [3.8, 4) is 0 Å². The standard InChI is InChI=1S/C21H25NO2/c1-3-16-10-7-11-18(12-16)19-14-22(15-20(19)21(23)24-2)13-17-8-5-4-6-9-17/h4-12,19-20H,3,13-15H2,1-2H3/t19-,20+/m1/s1. The molecule has 3 rings (SSSR count). The molecule has 0 aromatic heterocycles. The first-order valence-electron chi connectivity index (χ1n) is 8.64. The summed E-state index contributed by atoms with van der Waals surface area (Å²) >= 11 is 0. The van der Waals surface area contributed by atoms with Crippen molar-refractivity contribution in [1.82, 2.24) is 4.90 Å². The fourth-order valence-electron chi connectivity index (χ4n) is 3.63. The van der Waals surface area contributed by atoms with Gasteiger partial charge in [0.2, 0.25) is 0 Å². The van der Waals surface area contributed by atoms with Crippen LogP contribution in [-0.2, 0) is 22.5 Å². The maximum atomic E-state index is 12.3. The molecule has 2 aromatic carbocycles. The highest BCUT2D eigenvalue weighted by Gasteiger charge is 2.39. The van der Waals surface area contributed by atoms with E-state index < -0.39 is 0 Å². The van der Waals surface area contributed by atoms with Gasteiger partial charge in [0, 0.05) is 25.6 Å². The lowest BCUT2D eigenvalue weighted by Crippen LogP contribution is -2.24. The Morgan fingerprint density at radius 3 is 2.54 bits per heavy atom. The van der Waals surface area contributed by atoms with Crippen LogP contribution in [0, 0.1) is 5.92 Å². The van der Waals surface area contributed by atoms with Crippen LogP contribution < -0.4 is 0 Å². The second-order valence-corrected chi connectivity index (χ2v) is 6.51. The highest BCUT2D eigenvalue weighted by atomic mass is 16.5. The van der Waals surface area contributed by atoms with Gasteiger partial charge in [-0.05, 0) is 23.1 Å². The normalized spacial score (nSPS) is 20.9. The molecule has 2 aromatic rings. The molecule has 126 valence electrons.